The van der Waals surface area contributed by atoms with Crippen LogP contribution in [0.1, 0.15) is 12.5 Å². The molecule has 0 aliphatic rings. The molecule has 0 aliphatic heterocycles. The van der Waals surface area contributed by atoms with Gasteiger partial charge in [-0.2, -0.15) is 0 Å². The van der Waals surface area contributed by atoms with Crippen molar-refractivity contribution >= 4 is 21.9 Å². The maximum atomic E-state index is 12.6. The predicted octanol–water partition coefficient (Wildman–Crippen LogP) is 3.94. The van der Waals surface area contributed by atoms with Crippen molar-refractivity contribution in [3.8, 4) is 5.69 Å². The van der Waals surface area contributed by atoms with Crippen LogP contribution in [0.3, 0.4) is 0 Å². The van der Waals surface area contributed by atoms with Gasteiger partial charge >= 0.3 is 0 Å². The van der Waals surface area contributed by atoms with Crippen LogP contribution < -0.4 is 5.56 Å². The minimum atomic E-state index is -0.0597. The van der Waals surface area contributed by atoms with Gasteiger partial charge in [-0.15, -0.1) is 0 Å². The smallest absolute Gasteiger partial charge is 0.255 e. The zero-order chi connectivity index (χ0) is 17.2. The summed E-state index contributed by atoms with van der Waals surface area (Å²) in [5, 5.41) is 1.03. The largest absolute Gasteiger partial charge is 0.353 e. The van der Waals surface area contributed by atoms with E-state index in [0.29, 0.717) is 13.2 Å². The number of hydrogen-bond acceptors (Lipinski definition) is 3. The minimum absolute atomic E-state index is 0.0597. The Labute approximate surface area is 144 Å². The van der Waals surface area contributed by atoms with Gasteiger partial charge in [0, 0.05) is 22.7 Å². The van der Waals surface area contributed by atoms with E-state index in [9.17, 15) is 4.79 Å². The lowest BCUT2D eigenvalue weighted by Crippen LogP contribution is -2.17. The summed E-state index contributed by atoms with van der Waals surface area (Å²) in [6, 6.07) is 19.1. The molecule has 2 aromatic carbocycles. The molecule has 2 aromatic heterocycles. The predicted molar refractivity (Wildman–Crippen MR) is 97.8 cm³/mol. The van der Waals surface area contributed by atoms with Crippen LogP contribution in [0.5, 0.6) is 0 Å². The molecule has 126 valence electrons. The molecular formula is C20H18N2O3. The van der Waals surface area contributed by atoms with E-state index in [4.69, 9.17) is 9.78 Å². The maximum Gasteiger partial charge on any atom is 0.255 e. The molecular weight excluding hydrogens is 316 g/mol. The first kappa shape index (κ1) is 15.6. The second-order valence-electron chi connectivity index (χ2n) is 5.78. The molecule has 4 rings (SSSR count). The molecule has 0 amide bonds. The molecule has 4 aromatic rings. The van der Waals surface area contributed by atoms with E-state index < -0.39 is 0 Å². The zero-order valence-electron chi connectivity index (χ0n) is 13.9. The van der Waals surface area contributed by atoms with Gasteiger partial charge in [0.25, 0.3) is 5.56 Å². The molecule has 2 heterocycles. The van der Waals surface area contributed by atoms with Gasteiger partial charge in [0.15, 0.2) is 0 Å². The second kappa shape index (κ2) is 6.55. The lowest BCUT2D eigenvalue weighted by atomic mass is 10.2. The van der Waals surface area contributed by atoms with Crippen molar-refractivity contribution in [1.82, 2.24) is 9.55 Å². The minimum Gasteiger partial charge on any atom is -0.353 e. The zero-order valence-corrected chi connectivity index (χ0v) is 13.9. The number of rotatable bonds is 5. The summed E-state index contributed by atoms with van der Waals surface area (Å²) in [5.41, 5.74) is 4.58. The van der Waals surface area contributed by atoms with Crippen LogP contribution in [0.2, 0.25) is 0 Å². The quantitative estimate of drug-likeness (QED) is 0.342. The number of para-hydroxylation sites is 1. The molecule has 0 spiro atoms. The van der Waals surface area contributed by atoms with E-state index in [1.807, 2.05) is 61.5 Å². The highest BCUT2D eigenvalue weighted by Gasteiger charge is 2.11. The Morgan fingerprint density at radius 1 is 0.920 bits per heavy atom. The SMILES string of the molecule is CCOOCc1ccc(-n2c(=O)ccc3[nH]c4ccccc4c32)cc1. The molecule has 25 heavy (non-hydrogen) atoms. The first-order valence-corrected chi connectivity index (χ1v) is 8.24. The van der Waals surface area contributed by atoms with Gasteiger partial charge in [0.2, 0.25) is 0 Å². The number of H-pyrrole nitrogens is 1. The number of aromatic nitrogens is 2. The molecule has 0 fully saturated rings. The van der Waals surface area contributed by atoms with Crippen LogP contribution in [-0.4, -0.2) is 16.2 Å². The van der Waals surface area contributed by atoms with Gasteiger partial charge in [-0.1, -0.05) is 30.3 Å². The molecule has 0 saturated heterocycles. The van der Waals surface area contributed by atoms with E-state index in [-0.39, 0.29) is 5.56 Å². The Hall–Kier alpha value is -2.89. The van der Waals surface area contributed by atoms with Crippen molar-refractivity contribution in [2.45, 2.75) is 13.5 Å². The Morgan fingerprint density at radius 2 is 1.72 bits per heavy atom. The Balaban J connectivity index is 1.83. The van der Waals surface area contributed by atoms with Crippen LogP contribution >= 0.6 is 0 Å². The van der Waals surface area contributed by atoms with E-state index in [0.717, 1.165) is 33.2 Å². The highest BCUT2D eigenvalue weighted by molar-refractivity contribution is 6.05. The maximum absolute atomic E-state index is 12.6. The molecule has 0 radical (unpaired) electrons. The van der Waals surface area contributed by atoms with Gasteiger partial charge < -0.3 is 4.98 Å². The van der Waals surface area contributed by atoms with Crippen molar-refractivity contribution in [3.63, 3.8) is 0 Å². The van der Waals surface area contributed by atoms with Crippen LogP contribution in [-0.2, 0) is 16.4 Å². The molecule has 5 heteroatoms. The Kier molecular flexibility index (Phi) is 4.09. The number of fused-ring (bicyclic) bond motifs is 3. The molecule has 0 atom stereocenters. The fourth-order valence-electron chi connectivity index (χ4n) is 3.04. The number of aromatic amines is 1. The van der Waals surface area contributed by atoms with Crippen molar-refractivity contribution in [2.24, 2.45) is 0 Å². The Bertz CT molecular complexity index is 1080. The third-order valence-electron chi connectivity index (χ3n) is 4.16. The normalized spacial score (nSPS) is 11.4. The first-order valence-electron chi connectivity index (χ1n) is 8.24. The first-order chi connectivity index (χ1) is 12.3. The molecule has 0 unspecified atom stereocenters. The fourth-order valence-corrected chi connectivity index (χ4v) is 3.04. The molecule has 1 N–H and O–H groups in total. The van der Waals surface area contributed by atoms with Crippen LogP contribution in [0, 0.1) is 0 Å². The van der Waals surface area contributed by atoms with Crippen molar-refractivity contribution in [1.29, 1.82) is 0 Å². The van der Waals surface area contributed by atoms with Gasteiger partial charge in [-0.05, 0) is 36.8 Å². The average Bonchev–Trinajstić information content (AvgIpc) is 3.01. The fraction of sp³-hybridized carbons (Fsp3) is 0.150. The van der Waals surface area contributed by atoms with Gasteiger partial charge in [0.05, 0.1) is 17.6 Å². The summed E-state index contributed by atoms with van der Waals surface area (Å²) in [6.45, 7) is 2.76. The second-order valence-corrected chi connectivity index (χ2v) is 5.78. The summed E-state index contributed by atoms with van der Waals surface area (Å²) in [7, 11) is 0. The summed E-state index contributed by atoms with van der Waals surface area (Å²) in [6.07, 6.45) is 0. The molecule has 0 aliphatic carbocycles. The third-order valence-corrected chi connectivity index (χ3v) is 4.16. The summed E-state index contributed by atoms with van der Waals surface area (Å²) < 4.78 is 1.74. The molecule has 0 saturated carbocycles. The number of hydrogen-bond donors (Lipinski definition) is 1. The number of nitrogens with zero attached hydrogens (tertiary/aromatic N) is 1. The third kappa shape index (κ3) is 2.84. The van der Waals surface area contributed by atoms with E-state index >= 15 is 0 Å². The lowest BCUT2D eigenvalue weighted by molar-refractivity contribution is -0.300. The van der Waals surface area contributed by atoms with E-state index in [1.165, 1.54) is 0 Å². The Morgan fingerprint density at radius 3 is 2.52 bits per heavy atom. The summed E-state index contributed by atoms with van der Waals surface area (Å²) in [4.78, 5) is 25.9. The average molecular weight is 334 g/mol. The van der Waals surface area contributed by atoms with Crippen molar-refractivity contribution in [3.05, 3.63) is 76.6 Å². The van der Waals surface area contributed by atoms with Crippen LogP contribution in [0.4, 0.5) is 0 Å². The van der Waals surface area contributed by atoms with E-state index in [2.05, 4.69) is 4.98 Å². The highest BCUT2D eigenvalue weighted by Crippen LogP contribution is 2.26. The van der Waals surface area contributed by atoms with Gasteiger partial charge in [-0.25, -0.2) is 9.78 Å². The monoisotopic (exact) mass is 334 g/mol. The van der Waals surface area contributed by atoms with E-state index in [1.54, 1.807) is 10.6 Å². The van der Waals surface area contributed by atoms with Crippen molar-refractivity contribution < 1.29 is 9.78 Å². The van der Waals surface area contributed by atoms with Gasteiger partial charge in [-0.3, -0.25) is 9.36 Å². The standard InChI is InChI=1S/C20H18N2O3/c1-2-24-25-13-14-7-9-15(10-8-14)22-19(23)12-11-18-20(22)16-5-3-4-6-17(16)21-18/h3-12,21H,2,13H2,1H3. The number of pyridine rings is 1. The van der Waals surface area contributed by atoms with Crippen LogP contribution in [0.25, 0.3) is 27.6 Å². The molecule has 0 bridgehead atoms. The number of benzene rings is 2. The molecule has 5 nitrogen and oxygen atoms in total. The summed E-state index contributed by atoms with van der Waals surface area (Å²) in [5.74, 6) is 0. The van der Waals surface area contributed by atoms with Gasteiger partial charge in [0.1, 0.15) is 6.61 Å². The highest BCUT2D eigenvalue weighted by atomic mass is 17.2. The lowest BCUT2D eigenvalue weighted by Gasteiger charge is -2.09. The van der Waals surface area contributed by atoms with Crippen LogP contribution in [0.15, 0.2) is 65.5 Å². The number of nitrogens with one attached hydrogen (secondary N) is 1. The van der Waals surface area contributed by atoms with Crippen molar-refractivity contribution in [2.75, 3.05) is 6.61 Å². The summed E-state index contributed by atoms with van der Waals surface area (Å²) >= 11 is 0. The topological polar surface area (TPSA) is 56.2 Å².